The Kier molecular flexibility index (Phi) is 6.55. The van der Waals surface area contributed by atoms with Gasteiger partial charge in [-0.2, -0.15) is 0 Å². The molecular weight excluding hydrogens is 418 g/mol. The first-order chi connectivity index (χ1) is 13.5. The summed E-state index contributed by atoms with van der Waals surface area (Å²) >= 11 is 2.41. The Morgan fingerprint density at radius 2 is 1.64 bits per heavy atom. The maximum atomic E-state index is 12.9. The highest BCUT2D eigenvalue weighted by molar-refractivity contribution is 7.93. The standard InChI is InChI=1S/C18H17N3O4S3/c22-17(20-11-13-5-7-19-8-6-13)18(23)21-12-15(14-3-1-9-26-14)28(24,25)16-4-2-10-27-16/h1-10,15H,11-12H2,(H,20,22)(H,21,23)/t15-/m1/s1. The normalized spacial score (nSPS) is 12.3. The summed E-state index contributed by atoms with van der Waals surface area (Å²) < 4.78 is 26.1. The molecule has 0 saturated carbocycles. The Morgan fingerprint density at radius 1 is 0.964 bits per heavy atom. The molecule has 0 saturated heterocycles. The quantitative estimate of drug-likeness (QED) is 0.553. The third-order valence-electron chi connectivity index (χ3n) is 3.87. The first-order valence-electron chi connectivity index (χ1n) is 8.24. The van der Waals surface area contributed by atoms with Crippen LogP contribution in [0.2, 0.25) is 0 Å². The van der Waals surface area contributed by atoms with E-state index >= 15 is 0 Å². The molecule has 3 rings (SSSR count). The Labute approximate surface area is 170 Å². The Balaban J connectivity index is 1.65. The molecule has 0 fully saturated rings. The van der Waals surface area contributed by atoms with Crippen LogP contribution in [0.15, 0.2) is 63.8 Å². The SMILES string of the molecule is O=C(NCc1ccncc1)C(=O)NC[C@H](c1cccs1)S(=O)(=O)c1cccs1. The zero-order valence-electron chi connectivity index (χ0n) is 14.6. The van der Waals surface area contributed by atoms with Gasteiger partial charge in [-0.3, -0.25) is 14.6 Å². The monoisotopic (exact) mass is 435 g/mol. The van der Waals surface area contributed by atoms with E-state index in [0.29, 0.717) is 4.88 Å². The number of aromatic nitrogens is 1. The van der Waals surface area contributed by atoms with Gasteiger partial charge in [-0.25, -0.2) is 8.42 Å². The van der Waals surface area contributed by atoms with Crippen LogP contribution in [0.5, 0.6) is 0 Å². The number of thiophene rings is 2. The van der Waals surface area contributed by atoms with Crippen molar-refractivity contribution in [3.63, 3.8) is 0 Å². The minimum atomic E-state index is -3.68. The topological polar surface area (TPSA) is 105 Å². The summed E-state index contributed by atoms with van der Waals surface area (Å²) in [4.78, 5) is 28.6. The molecule has 0 bridgehead atoms. The molecule has 2 N–H and O–H groups in total. The molecule has 3 aromatic heterocycles. The van der Waals surface area contributed by atoms with Crippen molar-refractivity contribution in [3.8, 4) is 0 Å². The number of nitrogens with zero attached hydrogens (tertiary/aromatic N) is 1. The Bertz CT molecular complexity index is 1020. The van der Waals surface area contributed by atoms with E-state index < -0.39 is 26.9 Å². The first kappa shape index (κ1) is 20.2. The van der Waals surface area contributed by atoms with Crippen molar-refractivity contribution in [1.82, 2.24) is 15.6 Å². The molecule has 3 heterocycles. The maximum absolute atomic E-state index is 12.9. The average molecular weight is 436 g/mol. The number of nitrogens with one attached hydrogen (secondary N) is 2. The predicted octanol–water partition coefficient (Wildman–Crippen LogP) is 2.15. The van der Waals surface area contributed by atoms with Gasteiger partial charge in [-0.1, -0.05) is 12.1 Å². The van der Waals surface area contributed by atoms with Crippen LogP contribution in [0, 0.1) is 0 Å². The van der Waals surface area contributed by atoms with E-state index in [1.807, 2.05) is 0 Å². The summed E-state index contributed by atoms with van der Waals surface area (Å²) in [6.07, 6.45) is 3.17. The summed E-state index contributed by atoms with van der Waals surface area (Å²) in [5.41, 5.74) is 0.799. The van der Waals surface area contributed by atoms with Crippen LogP contribution in [-0.4, -0.2) is 31.8 Å². The summed E-state index contributed by atoms with van der Waals surface area (Å²) in [6, 6.07) is 10.1. The van der Waals surface area contributed by atoms with Crippen molar-refractivity contribution in [2.45, 2.75) is 16.0 Å². The number of pyridine rings is 1. The van der Waals surface area contributed by atoms with E-state index in [2.05, 4.69) is 15.6 Å². The summed E-state index contributed by atoms with van der Waals surface area (Å²) in [6.45, 7) is -0.0150. The third kappa shape index (κ3) is 4.83. The molecule has 0 unspecified atom stereocenters. The number of hydrogen-bond donors (Lipinski definition) is 2. The summed E-state index contributed by atoms with van der Waals surface area (Å²) in [5, 5.41) is 7.45. The third-order valence-corrected chi connectivity index (χ3v) is 8.52. The molecule has 0 aromatic carbocycles. The van der Waals surface area contributed by atoms with Crippen LogP contribution in [0.1, 0.15) is 15.7 Å². The Morgan fingerprint density at radius 3 is 2.29 bits per heavy atom. The fraction of sp³-hybridized carbons (Fsp3) is 0.167. The van der Waals surface area contributed by atoms with Gasteiger partial charge in [0, 0.05) is 30.4 Å². The molecule has 0 aliphatic heterocycles. The van der Waals surface area contributed by atoms with Crippen LogP contribution >= 0.6 is 22.7 Å². The van der Waals surface area contributed by atoms with Crippen LogP contribution in [0.25, 0.3) is 0 Å². The molecule has 1 atom stereocenters. The number of amides is 2. The van der Waals surface area contributed by atoms with Crippen molar-refractivity contribution in [2.75, 3.05) is 6.54 Å². The maximum Gasteiger partial charge on any atom is 0.309 e. The molecule has 3 aromatic rings. The molecule has 0 radical (unpaired) electrons. The van der Waals surface area contributed by atoms with Crippen molar-refractivity contribution in [3.05, 3.63) is 70.0 Å². The van der Waals surface area contributed by atoms with Gasteiger partial charge >= 0.3 is 11.8 Å². The van der Waals surface area contributed by atoms with Gasteiger partial charge in [0.05, 0.1) is 0 Å². The van der Waals surface area contributed by atoms with Crippen LogP contribution in [0.3, 0.4) is 0 Å². The van der Waals surface area contributed by atoms with E-state index in [0.717, 1.165) is 16.9 Å². The van der Waals surface area contributed by atoms with E-state index in [1.54, 1.807) is 53.5 Å². The predicted molar refractivity (Wildman–Crippen MR) is 108 cm³/mol. The molecule has 0 spiro atoms. The lowest BCUT2D eigenvalue weighted by atomic mass is 10.3. The molecule has 7 nitrogen and oxygen atoms in total. The smallest absolute Gasteiger partial charge is 0.309 e. The van der Waals surface area contributed by atoms with Crippen LogP contribution in [0.4, 0.5) is 0 Å². The zero-order chi connectivity index (χ0) is 20.0. The average Bonchev–Trinajstić information content (AvgIpc) is 3.41. The molecule has 10 heteroatoms. The van der Waals surface area contributed by atoms with Gasteiger partial charge in [0.25, 0.3) is 0 Å². The summed E-state index contributed by atoms with van der Waals surface area (Å²) in [7, 11) is -3.68. The minimum absolute atomic E-state index is 0.177. The highest BCUT2D eigenvalue weighted by Gasteiger charge is 2.31. The zero-order valence-corrected chi connectivity index (χ0v) is 17.0. The van der Waals surface area contributed by atoms with Gasteiger partial charge in [-0.15, -0.1) is 22.7 Å². The van der Waals surface area contributed by atoms with Crippen molar-refractivity contribution in [2.24, 2.45) is 0 Å². The Hall–Kier alpha value is -2.56. The highest BCUT2D eigenvalue weighted by atomic mass is 32.2. The lowest BCUT2D eigenvalue weighted by molar-refractivity contribution is -0.139. The number of carbonyl (C=O) groups excluding carboxylic acids is 2. The van der Waals surface area contributed by atoms with Gasteiger partial charge in [0.1, 0.15) is 9.46 Å². The second-order valence-corrected chi connectivity index (χ2v) is 10.0. The molecular formula is C18H17N3O4S3. The molecule has 2 amide bonds. The lowest BCUT2D eigenvalue weighted by Gasteiger charge is -2.16. The van der Waals surface area contributed by atoms with E-state index in [9.17, 15) is 18.0 Å². The van der Waals surface area contributed by atoms with Gasteiger partial charge in [0.2, 0.25) is 0 Å². The molecule has 146 valence electrons. The van der Waals surface area contributed by atoms with Crippen molar-refractivity contribution < 1.29 is 18.0 Å². The molecule has 28 heavy (non-hydrogen) atoms. The number of sulfone groups is 1. The number of hydrogen-bond acceptors (Lipinski definition) is 7. The molecule has 0 aliphatic rings. The second kappa shape index (κ2) is 9.09. The van der Waals surface area contributed by atoms with Crippen LogP contribution < -0.4 is 10.6 Å². The number of rotatable bonds is 7. The second-order valence-electron chi connectivity index (χ2n) is 5.73. The minimum Gasteiger partial charge on any atom is -0.346 e. The largest absolute Gasteiger partial charge is 0.346 e. The van der Waals surface area contributed by atoms with Gasteiger partial charge in [-0.05, 0) is 40.6 Å². The van der Waals surface area contributed by atoms with Crippen molar-refractivity contribution >= 4 is 44.3 Å². The fourth-order valence-electron chi connectivity index (χ4n) is 2.43. The molecule has 0 aliphatic carbocycles. The van der Waals surface area contributed by atoms with Crippen molar-refractivity contribution in [1.29, 1.82) is 0 Å². The van der Waals surface area contributed by atoms with E-state index in [4.69, 9.17) is 0 Å². The van der Waals surface area contributed by atoms with Gasteiger partial charge in [0.15, 0.2) is 9.84 Å². The number of carbonyl (C=O) groups is 2. The highest BCUT2D eigenvalue weighted by Crippen LogP contribution is 2.33. The fourth-order valence-corrected chi connectivity index (χ4v) is 6.42. The van der Waals surface area contributed by atoms with E-state index in [-0.39, 0.29) is 17.3 Å². The van der Waals surface area contributed by atoms with Gasteiger partial charge < -0.3 is 10.6 Å². The van der Waals surface area contributed by atoms with E-state index in [1.165, 1.54) is 17.4 Å². The first-order valence-corrected chi connectivity index (χ1v) is 11.5. The van der Waals surface area contributed by atoms with Crippen LogP contribution in [-0.2, 0) is 26.0 Å². The summed E-state index contributed by atoms with van der Waals surface area (Å²) in [5.74, 6) is -1.70. The lowest BCUT2D eigenvalue weighted by Crippen LogP contribution is -2.41.